The van der Waals surface area contributed by atoms with E-state index in [1.807, 2.05) is 61.1 Å². The summed E-state index contributed by atoms with van der Waals surface area (Å²) >= 11 is 7.72. The van der Waals surface area contributed by atoms with Gasteiger partial charge in [-0.25, -0.2) is 4.68 Å². The average molecular weight is 439 g/mol. The molecule has 2 aromatic heterocycles. The lowest BCUT2D eigenvalue weighted by Gasteiger charge is -2.10. The van der Waals surface area contributed by atoms with E-state index < -0.39 is 0 Å². The third kappa shape index (κ3) is 3.07. The van der Waals surface area contributed by atoms with Gasteiger partial charge in [0.1, 0.15) is 0 Å². The van der Waals surface area contributed by atoms with Crippen LogP contribution in [0.3, 0.4) is 0 Å². The highest BCUT2D eigenvalue weighted by Crippen LogP contribution is 2.44. The number of fused-ring (bicyclic) bond motifs is 1. The van der Waals surface area contributed by atoms with E-state index in [2.05, 4.69) is 21.6 Å². The van der Waals surface area contributed by atoms with Crippen LogP contribution in [-0.2, 0) is 13.5 Å². The maximum Gasteiger partial charge on any atom is 0.297 e. The fourth-order valence-electron chi connectivity index (χ4n) is 3.99. The van der Waals surface area contributed by atoms with Crippen molar-refractivity contribution in [2.75, 3.05) is 0 Å². The Hall–Kier alpha value is -2.84. The van der Waals surface area contributed by atoms with Crippen LogP contribution in [0.15, 0.2) is 58.5 Å². The predicted molar refractivity (Wildman–Crippen MR) is 117 cm³/mol. The smallest absolute Gasteiger partial charge is 0.283 e. The normalized spacial score (nSPS) is 15.5. The van der Waals surface area contributed by atoms with E-state index in [9.17, 15) is 4.79 Å². The van der Waals surface area contributed by atoms with Gasteiger partial charge in [-0.3, -0.25) is 9.48 Å². The Balaban J connectivity index is 1.55. The molecule has 0 spiro atoms. The molecular formula is C21H19ClN6OS. The summed E-state index contributed by atoms with van der Waals surface area (Å²) in [7, 11) is 1.86. The second-order valence-electron chi connectivity index (χ2n) is 7.27. The molecule has 0 aliphatic heterocycles. The van der Waals surface area contributed by atoms with Crippen molar-refractivity contribution in [1.29, 1.82) is 0 Å². The molecule has 1 aliphatic rings. The van der Waals surface area contributed by atoms with Gasteiger partial charge in [0, 0.05) is 17.3 Å². The Morgan fingerprint density at radius 2 is 1.97 bits per heavy atom. The summed E-state index contributed by atoms with van der Waals surface area (Å²) in [6.45, 7) is 1.90. The number of hydrogen-bond acceptors (Lipinski definition) is 5. The standard InChI is InChI=1S/C21H19ClN6OS/c1-13-19(20(29)28(26(13)2)16-6-4-3-5-7-16)27-21(23-24-25-27)30-18-11-8-14-12-15(22)9-10-17(14)18/h3-7,9-10,12,18H,8,11H2,1-2H3. The monoisotopic (exact) mass is 438 g/mol. The number of aryl methyl sites for hydroxylation is 1. The lowest BCUT2D eigenvalue weighted by Crippen LogP contribution is -2.22. The van der Waals surface area contributed by atoms with E-state index >= 15 is 0 Å². The molecule has 1 aliphatic carbocycles. The zero-order valence-corrected chi connectivity index (χ0v) is 18.1. The van der Waals surface area contributed by atoms with E-state index in [-0.39, 0.29) is 10.8 Å². The van der Waals surface area contributed by atoms with Gasteiger partial charge in [-0.2, -0.15) is 4.68 Å². The lowest BCUT2D eigenvalue weighted by atomic mass is 10.1. The molecule has 9 heteroatoms. The number of rotatable bonds is 4. The second-order valence-corrected chi connectivity index (χ2v) is 8.88. The minimum atomic E-state index is -0.158. The predicted octanol–water partition coefficient (Wildman–Crippen LogP) is 3.89. The van der Waals surface area contributed by atoms with Crippen molar-refractivity contribution < 1.29 is 0 Å². The van der Waals surface area contributed by atoms with Crippen molar-refractivity contribution in [2.24, 2.45) is 7.05 Å². The van der Waals surface area contributed by atoms with Crippen LogP contribution in [-0.4, -0.2) is 29.6 Å². The van der Waals surface area contributed by atoms with Gasteiger partial charge in [-0.1, -0.05) is 47.6 Å². The molecule has 0 radical (unpaired) electrons. The molecule has 0 fully saturated rings. The van der Waals surface area contributed by atoms with Gasteiger partial charge in [0.05, 0.1) is 11.4 Å². The van der Waals surface area contributed by atoms with Crippen molar-refractivity contribution in [3.63, 3.8) is 0 Å². The summed E-state index contributed by atoms with van der Waals surface area (Å²) in [6.07, 6.45) is 1.95. The number of thioether (sulfide) groups is 1. The summed E-state index contributed by atoms with van der Waals surface area (Å²) in [4.78, 5) is 13.3. The Morgan fingerprint density at radius 3 is 2.77 bits per heavy atom. The first kappa shape index (κ1) is 19.1. The van der Waals surface area contributed by atoms with Crippen molar-refractivity contribution in [3.8, 4) is 11.4 Å². The molecule has 152 valence electrons. The quantitative estimate of drug-likeness (QED) is 0.483. The summed E-state index contributed by atoms with van der Waals surface area (Å²) in [5.41, 5.74) is 4.41. The fourth-order valence-corrected chi connectivity index (χ4v) is 5.34. The maximum atomic E-state index is 13.3. The molecule has 7 nitrogen and oxygen atoms in total. The zero-order chi connectivity index (χ0) is 20.8. The van der Waals surface area contributed by atoms with Crippen molar-refractivity contribution in [3.05, 3.63) is 80.7 Å². The van der Waals surface area contributed by atoms with Crippen LogP contribution >= 0.6 is 23.4 Å². The van der Waals surface area contributed by atoms with Gasteiger partial charge in [0.25, 0.3) is 5.56 Å². The lowest BCUT2D eigenvalue weighted by molar-refractivity contribution is 0.630. The second kappa shape index (κ2) is 7.45. The molecule has 0 saturated carbocycles. The average Bonchev–Trinajstić information content (AvgIpc) is 3.41. The molecule has 1 unspecified atom stereocenters. The third-order valence-electron chi connectivity index (χ3n) is 5.55. The van der Waals surface area contributed by atoms with Gasteiger partial charge in [0.2, 0.25) is 5.16 Å². The van der Waals surface area contributed by atoms with Crippen molar-refractivity contribution >= 4 is 23.4 Å². The first-order valence-electron chi connectivity index (χ1n) is 9.62. The van der Waals surface area contributed by atoms with E-state index in [1.54, 1.807) is 21.1 Å². The van der Waals surface area contributed by atoms with Gasteiger partial charge in [0.15, 0.2) is 5.69 Å². The third-order valence-corrected chi connectivity index (χ3v) is 7.03. The van der Waals surface area contributed by atoms with Crippen LogP contribution in [0.4, 0.5) is 0 Å². The number of para-hydroxylation sites is 1. The molecule has 0 saturated heterocycles. The van der Waals surface area contributed by atoms with Crippen molar-refractivity contribution in [1.82, 2.24) is 29.6 Å². The Kier molecular flexibility index (Phi) is 4.75. The highest BCUT2D eigenvalue weighted by Gasteiger charge is 2.28. The molecule has 4 aromatic rings. The molecule has 1 atom stereocenters. The van der Waals surface area contributed by atoms with E-state index in [0.29, 0.717) is 10.8 Å². The molecule has 0 amide bonds. The molecular weight excluding hydrogens is 420 g/mol. The molecule has 0 N–H and O–H groups in total. The Bertz CT molecular complexity index is 1290. The summed E-state index contributed by atoms with van der Waals surface area (Å²) < 4.78 is 5.03. The number of halogens is 1. The molecule has 30 heavy (non-hydrogen) atoms. The zero-order valence-electron chi connectivity index (χ0n) is 16.5. The van der Waals surface area contributed by atoms with Crippen LogP contribution in [0.2, 0.25) is 5.02 Å². The topological polar surface area (TPSA) is 70.5 Å². The molecule has 5 rings (SSSR count). The van der Waals surface area contributed by atoms with E-state index in [1.165, 1.54) is 11.1 Å². The van der Waals surface area contributed by atoms with Crippen LogP contribution < -0.4 is 5.56 Å². The first-order valence-corrected chi connectivity index (χ1v) is 10.9. The molecule has 0 bridgehead atoms. The van der Waals surface area contributed by atoms with Crippen LogP contribution in [0.5, 0.6) is 0 Å². The molecule has 2 aromatic carbocycles. The van der Waals surface area contributed by atoms with Gasteiger partial charge in [-0.15, -0.1) is 5.10 Å². The number of aromatic nitrogens is 6. The highest BCUT2D eigenvalue weighted by atomic mass is 35.5. The summed E-state index contributed by atoms with van der Waals surface area (Å²) in [6, 6.07) is 15.6. The first-order chi connectivity index (χ1) is 14.5. The van der Waals surface area contributed by atoms with Crippen LogP contribution in [0.25, 0.3) is 11.4 Å². The minimum Gasteiger partial charge on any atom is -0.283 e. The number of nitrogens with zero attached hydrogens (tertiary/aromatic N) is 6. The largest absolute Gasteiger partial charge is 0.297 e. The Morgan fingerprint density at radius 1 is 1.17 bits per heavy atom. The highest BCUT2D eigenvalue weighted by molar-refractivity contribution is 7.99. The summed E-state index contributed by atoms with van der Waals surface area (Å²) in [5, 5.41) is 13.8. The van der Waals surface area contributed by atoms with Crippen LogP contribution in [0.1, 0.15) is 28.5 Å². The maximum absolute atomic E-state index is 13.3. The SMILES string of the molecule is Cc1c(-n2nnnc2SC2CCc3cc(Cl)ccc32)c(=O)n(-c2ccccc2)n1C. The minimum absolute atomic E-state index is 0.158. The van der Waals surface area contributed by atoms with Gasteiger partial charge in [-0.05, 0) is 65.6 Å². The molecule has 2 heterocycles. The number of hydrogen-bond donors (Lipinski definition) is 0. The van der Waals surface area contributed by atoms with Gasteiger partial charge >= 0.3 is 0 Å². The van der Waals surface area contributed by atoms with E-state index in [0.717, 1.165) is 29.2 Å². The number of benzene rings is 2. The summed E-state index contributed by atoms with van der Waals surface area (Å²) in [5.74, 6) is 0. The number of tetrazole rings is 1. The fraction of sp³-hybridized carbons (Fsp3) is 0.238. The van der Waals surface area contributed by atoms with Crippen LogP contribution in [0, 0.1) is 6.92 Å². The Labute approximate surface area is 182 Å². The van der Waals surface area contributed by atoms with Gasteiger partial charge < -0.3 is 0 Å². The van der Waals surface area contributed by atoms with Crippen molar-refractivity contribution in [2.45, 2.75) is 30.2 Å². The van der Waals surface area contributed by atoms with E-state index in [4.69, 9.17) is 11.6 Å².